The fourth-order valence-corrected chi connectivity index (χ4v) is 9.55. The van der Waals surface area contributed by atoms with Crippen molar-refractivity contribution in [3.8, 4) is 5.75 Å². The van der Waals surface area contributed by atoms with Gasteiger partial charge in [-0.2, -0.15) is 0 Å². The molecule has 0 aliphatic heterocycles. The average molecular weight is 827 g/mol. The summed E-state index contributed by atoms with van der Waals surface area (Å²) in [6.07, 6.45) is 9.79. The Bertz CT molecular complexity index is 1180. The van der Waals surface area contributed by atoms with Gasteiger partial charge in [0.15, 0.2) is 16.6 Å². The Morgan fingerprint density at radius 2 is 1.31 bits per heavy atom. The van der Waals surface area contributed by atoms with Crippen molar-refractivity contribution in [1.29, 1.82) is 0 Å². The molecule has 1 aromatic rings. The minimum absolute atomic E-state index is 0.0348. The van der Waals surface area contributed by atoms with Crippen LogP contribution in [0.2, 0.25) is 36.3 Å². The minimum atomic E-state index is -2.10. The van der Waals surface area contributed by atoms with Crippen LogP contribution in [-0.2, 0) is 20.2 Å². The minimum Gasteiger partial charge on any atom is -0.497 e. The second-order valence-corrected chi connectivity index (χ2v) is 28.2. The van der Waals surface area contributed by atoms with Crippen LogP contribution in [0, 0.1) is 29.6 Å². The van der Waals surface area contributed by atoms with E-state index in [1.54, 1.807) is 7.11 Å². The monoisotopic (exact) mass is 826 g/mol. The molecule has 1 aromatic carbocycles. The van der Waals surface area contributed by atoms with E-state index < -0.39 is 16.6 Å². The summed E-state index contributed by atoms with van der Waals surface area (Å²) in [5, 5.41) is 0.277. The highest BCUT2D eigenvalue weighted by molar-refractivity contribution is 14.1. The van der Waals surface area contributed by atoms with E-state index in [9.17, 15) is 0 Å². The number of rotatable bonds is 20. The van der Waals surface area contributed by atoms with E-state index in [1.165, 1.54) is 5.57 Å². The lowest BCUT2D eigenvalue weighted by molar-refractivity contribution is -0.0644. The molecule has 0 aliphatic carbocycles. The van der Waals surface area contributed by atoms with Gasteiger partial charge in [-0.25, -0.2) is 0 Å². The van der Waals surface area contributed by atoms with Crippen molar-refractivity contribution in [1.82, 2.24) is 0 Å². The summed E-state index contributed by atoms with van der Waals surface area (Å²) in [6, 6.07) is 8.19. The van der Waals surface area contributed by atoms with Crippen LogP contribution in [0.5, 0.6) is 5.75 Å². The highest BCUT2D eigenvalue weighted by atomic mass is 127. The second kappa shape index (κ2) is 19.9. The third-order valence-corrected chi connectivity index (χ3v) is 21.6. The molecule has 0 aliphatic rings. The van der Waals surface area contributed by atoms with Gasteiger partial charge in [0.05, 0.1) is 32.0 Å². The molecular formula is C42H75IO4Si2. The molecular weight excluding hydrogens is 752 g/mol. The summed E-state index contributed by atoms with van der Waals surface area (Å²) in [4.78, 5) is 0. The Hall–Kier alpha value is -0.716. The molecule has 0 saturated heterocycles. The van der Waals surface area contributed by atoms with Crippen molar-refractivity contribution in [3.05, 3.63) is 66.3 Å². The first kappa shape index (κ1) is 46.3. The van der Waals surface area contributed by atoms with Gasteiger partial charge in [0.2, 0.25) is 0 Å². The van der Waals surface area contributed by atoms with Crippen LogP contribution in [0.25, 0.3) is 0 Å². The second-order valence-electron chi connectivity index (χ2n) is 17.8. The molecule has 8 atom stereocenters. The van der Waals surface area contributed by atoms with Crippen molar-refractivity contribution in [3.63, 3.8) is 0 Å². The Labute approximate surface area is 319 Å². The quantitative estimate of drug-likeness (QED) is 0.0431. The maximum Gasteiger partial charge on any atom is 0.192 e. The van der Waals surface area contributed by atoms with Gasteiger partial charge in [0, 0.05) is 16.3 Å². The number of alkyl halides is 1. The summed E-state index contributed by atoms with van der Waals surface area (Å²) >= 11 is 2.53. The van der Waals surface area contributed by atoms with Crippen LogP contribution < -0.4 is 4.74 Å². The Morgan fingerprint density at radius 1 is 0.796 bits per heavy atom. The van der Waals surface area contributed by atoms with E-state index in [4.69, 9.17) is 18.3 Å². The van der Waals surface area contributed by atoms with Crippen LogP contribution >= 0.6 is 22.6 Å². The lowest BCUT2D eigenvalue weighted by atomic mass is 9.81. The van der Waals surface area contributed by atoms with Gasteiger partial charge in [-0.3, -0.25) is 0 Å². The number of hydrogen-bond acceptors (Lipinski definition) is 4. The van der Waals surface area contributed by atoms with E-state index in [0.29, 0.717) is 24.4 Å². The maximum atomic E-state index is 7.41. The van der Waals surface area contributed by atoms with Gasteiger partial charge < -0.3 is 18.3 Å². The highest BCUT2D eigenvalue weighted by Crippen LogP contribution is 2.42. The number of hydrogen-bond donors (Lipinski definition) is 0. The Morgan fingerprint density at radius 3 is 1.76 bits per heavy atom. The molecule has 4 nitrogen and oxygen atoms in total. The van der Waals surface area contributed by atoms with Gasteiger partial charge in [-0.05, 0) is 85.1 Å². The summed E-state index contributed by atoms with van der Waals surface area (Å²) in [7, 11) is -2.32. The first-order valence-electron chi connectivity index (χ1n) is 18.5. The lowest BCUT2D eigenvalue weighted by Crippen LogP contribution is -2.50. The van der Waals surface area contributed by atoms with E-state index >= 15 is 0 Å². The normalized spacial score (nSPS) is 18.8. The third kappa shape index (κ3) is 14.3. The Kier molecular flexibility index (Phi) is 18.8. The van der Waals surface area contributed by atoms with Gasteiger partial charge in [-0.1, -0.05) is 147 Å². The predicted molar refractivity (Wildman–Crippen MR) is 228 cm³/mol. The summed E-state index contributed by atoms with van der Waals surface area (Å²) in [5.41, 5.74) is 2.55. The highest BCUT2D eigenvalue weighted by Gasteiger charge is 2.44. The predicted octanol–water partition coefficient (Wildman–Crippen LogP) is 13.1. The zero-order chi connectivity index (χ0) is 38.0. The number of benzene rings is 1. The zero-order valence-corrected chi connectivity index (χ0v) is 38.7. The zero-order valence-electron chi connectivity index (χ0n) is 34.6. The molecule has 282 valence electrons. The molecule has 0 amide bonds. The molecule has 0 fully saturated rings. The average Bonchev–Trinajstić information content (AvgIpc) is 2.99. The number of methoxy groups -OCH3 is 1. The first-order chi connectivity index (χ1) is 22.4. The smallest absolute Gasteiger partial charge is 0.192 e. The molecule has 0 saturated carbocycles. The van der Waals surface area contributed by atoms with Crippen LogP contribution in [0.1, 0.15) is 95.1 Å². The summed E-state index contributed by atoms with van der Waals surface area (Å²) in [5.74, 6) is 2.31. The first-order valence-corrected chi connectivity index (χ1v) is 25.9. The third-order valence-electron chi connectivity index (χ3n) is 11.3. The molecule has 0 unspecified atom stereocenters. The van der Waals surface area contributed by atoms with E-state index in [1.807, 2.05) is 24.3 Å². The summed E-state index contributed by atoms with van der Waals surface area (Å²) < 4.78 is 27.8. The standard InChI is InChI=1S/C42H75IO4Si2/c1-19-20-21-31(3)39(45-29-36-22-24-37(44-14)25-23-36)35(7)40(47-49(17,18)42(11,12)13)33(5)27-30(2)26-32(4)38(34(6)28-43)46-48(15,16)41(8,9)10/h19-26,31-35,38-40H,1,27-29H2,2-18H3/b21-20-,30-26-/t31-,32-,33-,34-,35+,38+,39-,40+/m0/s1. The van der Waals surface area contributed by atoms with E-state index in [2.05, 4.69) is 163 Å². The topological polar surface area (TPSA) is 36.9 Å². The fourth-order valence-electron chi connectivity index (χ4n) is 6.09. The molecule has 0 N–H and O–H groups in total. The molecule has 0 bridgehead atoms. The van der Waals surface area contributed by atoms with Crippen molar-refractivity contribution >= 4 is 39.2 Å². The number of ether oxygens (including phenoxy) is 2. The molecule has 0 aromatic heterocycles. The number of halogens is 1. The number of allylic oxidation sites excluding steroid dienone is 3. The van der Waals surface area contributed by atoms with Crippen molar-refractivity contribution in [2.75, 3.05) is 11.5 Å². The van der Waals surface area contributed by atoms with E-state index in [0.717, 1.165) is 22.2 Å². The van der Waals surface area contributed by atoms with Crippen molar-refractivity contribution in [2.45, 2.75) is 151 Å². The molecule has 0 heterocycles. The Balaban J connectivity index is 3.50. The lowest BCUT2D eigenvalue weighted by Gasteiger charge is -2.45. The van der Waals surface area contributed by atoms with Crippen molar-refractivity contribution < 1.29 is 18.3 Å². The largest absolute Gasteiger partial charge is 0.497 e. The van der Waals surface area contributed by atoms with Crippen LogP contribution in [0.15, 0.2) is 60.7 Å². The SMILES string of the molecule is C=C/C=C\[C@H](C)[C@H](OCc1ccc(OC)cc1)[C@@H](C)[C@H](O[Si](C)(C)C(C)(C)C)[C@@H](C)C/C(C)=C\[C@H](C)[C@@H](O[Si](C)(C)C(C)(C)C)[C@@H](C)CI. The van der Waals surface area contributed by atoms with Crippen molar-refractivity contribution in [2.24, 2.45) is 29.6 Å². The molecule has 1 rings (SSSR count). The van der Waals surface area contributed by atoms with Crippen LogP contribution in [-0.4, -0.2) is 46.5 Å². The van der Waals surface area contributed by atoms with Crippen LogP contribution in [0.3, 0.4) is 0 Å². The molecule has 49 heavy (non-hydrogen) atoms. The van der Waals surface area contributed by atoms with E-state index in [-0.39, 0.29) is 40.2 Å². The molecule has 7 heteroatoms. The molecule has 0 radical (unpaired) electrons. The molecule has 0 spiro atoms. The van der Waals surface area contributed by atoms with Gasteiger partial charge in [0.1, 0.15) is 5.75 Å². The maximum absolute atomic E-state index is 7.41. The summed E-state index contributed by atoms with van der Waals surface area (Å²) in [6.45, 7) is 42.0. The van der Waals surface area contributed by atoms with Gasteiger partial charge >= 0.3 is 0 Å². The fraction of sp³-hybridized carbons (Fsp3) is 0.714. The van der Waals surface area contributed by atoms with Crippen LogP contribution in [0.4, 0.5) is 0 Å². The van der Waals surface area contributed by atoms with Gasteiger partial charge in [0.25, 0.3) is 0 Å². The van der Waals surface area contributed by atoms with Gasteiger partial charge in [-0.15, -0.1) is 0 Å².